The molecule has 0 spiro atoms. The van der Waals surface area contributed by atoms with Crippen LogP contribution in [-0.2, 0) is 14.8 Å². The van der Waals surface area contributed by atoms with E-state index in [9.17, 15) is 18.3 Å². The average Bonchev–Trinajstić information content (AvgIpc) is 3.02. The van der Waals surface area contributed by atoms with Gasteiger partial charge in [-0.05, 0) is 51.0 Å². The topological polar surface area (TPSA) is 83.5 Å². The number of nitrogens with one attached hydrogen (secondary N) is 1. The van der Waals surface area contributed by atoms with Gasteiger partial charge in [-0.2, -0.15) is 0 Å². The van der Waals surface area contributed by atoms with Crippen LogP contribution in [0.15, 0.2) is 11.0 Å². The Kier molecular flexibility index (Phi) is 3.62. The fraction of sp³-hybridized carbons (Fsp3) is 0.643. The van der Waals surface area contributed by atoms with Gasteiger partial charge in [0.25, 0.3) is 0 Å². The molecular weight excluding hydrogens is 310 g/mol. The van der Waals surface area contributed by atoms with Crippen LogP contribution in [0.25, 0.3) is 0 Å². The summed E-state index contributed by atoms with van der Waals surface area (Å²) < 4.78 is 27.8. The largest absolute Gasteiger partial charge is 0.481 e. The van der Waals surface area contributed by atoms with Crippen LogP contribution in [0.3, 0.4) is 0 Å². The Balaban J connectivity index is 1.88. The Morgan fingerprint density at radius 1 is 1.33 bits per heavy atom. The summed E-state index contributed by atoms with van der Waals surface area (Å²) in [7, 11) is -3.65. The summed E-state index contributed by atoms with van der Waals surface area (Å²) in [6.45, 7) is 3.65. The lowest BCUT2D eigenvalue weighted by molar-refractivity contribution is -0.144. The quantitative estimate of drug-likeness (QED) is 0.886. The monoisotopic (exact) mass is 329 g/mol. The molecule has 7 heteroatoms. The molecule has 4 unspecified atom stereocenters. The van der Waals surface area contributed by atoms with Crippen molar-refractivity contribution in [2.24, 2.45) is 17.8 Å². The predicted octanol–water partition coefficient (Wildman–Crippen LogP) is 2.14. The maximum absolute atomic E-state index is 12.6. The van der Waals surface area contributed by atoms with E-state index in [2.05, 4.69) is 4.72 Å². The second-order valence-corrected chi connectivity index (χ2v) is 9.26. The van der Waals surface area contributed by atoms with E-state index in [0.29, 0.717) is 0 Å². The Bertz CT molecular complexity index is 679. The smallest absolute Gasteiger partial charge is 0.308 e. The van der Waals surface area contributed by atoms with Crippen LogP contribution in [0.4, 0.5) is 0 Å². The number of sulfonamides is 1. The summed E-state index contributed by atoms with van der Waals surface area (Å²) in [5, 5.41) is 9.40. The van der Waals surface area contributed by atoms with Crippen LogP contribution in [-0.4, -0.2) is 25.5 Å². The van der Waals surface area contributed by atoms with Crippen LogP contribution in [0, 0.1) is 31.6 Å². The first-order valence-corrected chi connectivity index (χ1v) is 9.41. The molecule has 0 radical (unpaired) electrons. The standard InChI is InChI=1S/C14H19NO4S2/c1-7-5-11(8(2)20-7)21(18,19)15-13-10-4-3-9(6-10)12(13)14(16)17/h5,9-10,12-13,15H,3-4,6H2,1-2H3,(H,16,17). The summed E-state index contributed by atoms with van der Waals surface area (Å²) in [5.41, 5.74) is 0. The van der Waals surface area contributed by atoms with Crippen molar-refractivity contribution >= 4 is 27.3 Å². The SMILES string of the molecule is Cc1cc(S(=O)(=O)NC2C3CCC(C3)C2C(=O)O)c(C)s1. The molecule has 2 N–H and O–H groups in total. The molecule has 0 amide bonds. The van der Waals surface area contributed by atoms with Gasteiger partial charge < -0.3 is 5.11 Å². The maximum atomic E-state index is 12.6. The number of thiophene rings is 1. The number of carbonyl (C=O) groups is 1. The summed E-state index contributed by atoms with van der Waals surface area (Å²) in [6.07, 6.45) is 2.64. The van der Waals surface area contributed by atoms with Gasteiger partial charge in [-0.1, -0.05) is 0 Å². The van der Waals surface area contributed by atoms with E-state index < -0.39 is 28.0 Å². The van der Waals surface area contributed by atoms with E-state index in [-0.39, 0.29) is 16.7 Å². The van der Waals surface area contributed by atoms with E-state index >= 15 is 0 Å². The summed E-state index contributed by atoms with van der Waals surface area (Å²) >= 11 is 1.44. The van der Waals surface area contributed by atoms with Gasteiger partial charge in [-0.25, -0.2) is 13.1 Å². The maximum Gasteiger partial charge on any atom is 0.308 e. The molecule has 2 aliphatic rings. The Morgan fingerprint density at radius 2 is 2.00 bits per heavy atom. The zero-order valence-corrected chi connectivity index (χ0v) is 13.6. The summed E-state index contributed by atoms with van der Waals surface area (Å²) in [4.78, 5) is 13.4. The molecule has 2 saturated carbocycles. The van der Waals surface area contributed by atoms with E-state index in [1.807, 2.05) is 6.92 Å². The van der Waals surface area contributed by atoms with Crippen LogP contribution >= 0.6 is 11.3 Å². The van der Waals surface area contributed by atoms with Gasteiger partial charge in [0, 0.05) is 15.8 Å². The van der Waals surface area contributed by atoms with E-state index in [1.54, 1.807) is 13.0 Å². The molecule has 21 heavy (non-hydrogen) atoms. The lowest BCUT2D eigenvalue weighted by Gasteiger charge is -2.28. The van der Waals surface area contributed by atoms with Crippen molar-refractivity contribution in [2.45, 2.75) is 44.0 Å². The first-order chi connectivity index (χ1) is 9.79. The lowest BCUT2D eigenvalue weighted by Crippen LogP contribution is -2.46. The highest BCUT2D eigenvalue weighted by molar-refractivity contribution is 7.89. The van der Waals surface area contributed by atoms with E-state index in [1.165, 1.54) is 11.3 Å². The highest BCUT2D eigenvalue weighted by atomic mass is 32.2. The second-order valence-electron chi connectivity index (χ2n) is 6.12. The average molecular weight is 329 g/mol. The molecule has 2 bridgehead atoms. The van der Waals surface area contributed by atoms with Gasteiger partial charge in [0.05, 0.1) is 10.8 Å². The number of aryl methyl sites for hydroxylation is 2. The molecular formula is C14H19NO4S2. The fourth-order valence-corrected chi connectivity index (χ4v) is 6.82. The molecule has 3 rings (SSSR count). The number of aliphatic carboxylic acids is 1. The van der Waals surface area contributed by atoms with E-state index in [4.69, 9.17) is 0 Å². The molecule has 5 nitrogen and oxygen atoms in total. The molecule has 2 fully saturated rings. The molecule has 1 aromatic heterocycles. The second kappa shape index (κ2) is 5.07. The Morgan fingerprint density at radius 3 is 2.57 bits per heavy atom. The minimum absolute atomic E-state index is 0.116. The molecule has 2 aliphatic carbocycles. The predicted molar refractivity (Wildman–Crippen MR) is 79.9 cm³/mol. The Labute approximate surface area is 128 Å². The molecule has 0 aliphatic heterocycles. The Hall–Kier alpha value is -0.920. The number of fused-ring (bicyclic) bond motifs is 2. The summed E-state index contributed by atoms with van der Waals surface area (Å²) in [5.74, 6) is -1.19. The lowest BCUT2D eigenvalue weighted by atomic mass is 9.85. The van der Waals surface area contributed by atoms with Crippen LogP contribution in [0.2, 0.25) is 0 Å². The molecule has 4 atom stereocenters. The van der Waals surface area contributed by atoms with Gasteiger partial charge in [0.15, 0.2) is 0 Å². The fourth-order valence-electron chi connectivity index (χ4n) is 3.93. The number of carboxylic acids is 1. The van der Waals surface area contributed by atoms with Crippen molar-refractivity contribution in [3.05, 3.63) is 15.8 Å². The number of hydrogen-bond acceptors (Lipinski definition) is 4. The van der Waals surface area contributed by atoms with Crippen molar-refractivity contribution in [3.8, 4) is 0 Å². The number of carboxylic acid groups (broad SMARTS) is 1. The molecule has 0 aromatic carbocycles. The molecule has 0 saturated heterocycles. The van der Waals surface area contributed by atoms with Crippen LogP contribution < -0.4 is 4.72 Å². The third kappa shape index (κ3) is 2.51. The minimum Gasteiger partial charge on any atom is -0.481 e. The van der Waals surface area contributed by atoms with Gasteiger partial charge in [0.1, 0.15) is 0 Å². The third-order valence-electron chi connectivity index (χ3n) is 4.78. The minimum atomic E-state index is -3.65. The molecule has 1 heterocycles. The van der Waals surface area contributed by atoms with Crippen molar-refractivity contribution in [2.75, 3.05) is 0 Å². The highest BCUT2D eigenvalue weighted by Crippen LogP contribution is 2.49. The number of rotatable bonds is 4. The van der Waals surface area contributed by atoms with Crippen molar-refractivity contribution in [3.63, 3.8) is 0 Å². The van der Waals surface area contributed by atoms with Gasteiger partial charge in [0.2, 0.25) is 10.0 Å². The van der Waals surface area contributed by atoms with Crippen molar-refractivity contribution in [1.82, 2.24) is 4.72 Å². The van der Waals surface area contributed by atoms with Gasteiger partial charge >= 0.3 is 5.97 Å². The van der Waals surface area contributed by atoms with Crippen LogP contribution in [0.5, 0.6) is 0 Å². The van der Waals surface area contributed by atoms with E-state index in [0.717, 1.165) is 29.0 Å². The van der Waals surface area contributed by atoms with Gasteiger partial charge in [-0.15, -0.1) is 11.3 Å². The summed E-state index contributed by atoms with van der Waals surface area (Å²) in [6, 6.07) is 1.19. The third-order valence-corrected chi connectivity index (χ3v) is 7.46. The van der Waals surface area contributed by atoms with Crippen LogP contribution in [0.1, 0.15) is 29.0 Å². The molecule has 116 valence electrons. The van der Waals surface area contributed by atoms with Crippen molar-refractivity contribution in [1.29, 1.82) is 0 Å². The zero-order valence-electron chi connectivity index (χ0n) is 12.0. The first-order valence-electron chi connectivity index (χ1n) is 7.12. The normalized spacial score (nSPS) is 31.7. The molecule has 1 aromatic rings. The highest BCUT2D eigenvalue weighted by Gasteiger charge is 2.52. The number of hydrogen-bond donors (Lipinski definition) is 2. The first kappa shape index (κ1) is 15.0. The van der Waals surface area contributed by atoms with Crippen molar-refractivity contribution < 1.29 is 18.3 Å². The zero-order chi connectivity index (χ0) is 15.4. The van der Waals surface area contributed by atoms with Gasteiger partial charge in [-0.3, -0.25) is 4.79 Å².